The van der Waals surface area contributed by atoms with Crippen LogP contribution in [0.1, 0.15) is 56.3 Å². The molecule has 1 aliphatic rings. The zero-order valence-corrected chi connectivity index (χ0v) is 13.2. The Hall–Kier alpha value is -1.58. The van der Waals surface area contributed by atoms with E-state index in [-0.39, 0.29) is 5.91 Å². The Morgan fingerprint density at radius 3 is 2.81 bits per heavy atom. The number of nitrogens with one attached hydrogen (secondary N) is 2. The van der Waals surface area contributed by atoms with Gasteiger partial charge >= 0.3 is 0 Å². The van der Waals surface area contributed by atoms with Gasteiger partial charge in [0.15, 0.2) is 0 Å². The SMILES string of the molecule is CCCNc1ccncc1C(=O)NCC1CCC(C)CC1. The van der Waals surface area contributed by atoms with E-state index in [0.29, 0.717) is 11.5 Å². The number of pyridine rings is 1. The number of carbonyl (C=O) groups is 1. The molecule has 0 bridgehead atoms. The lowest BCUT2D eigenvalue weighted by Gasteiger charge is -2.26. The van der Waals surface area contributed by atoms with Crippen molar-refractivity contribution in [1.82, 2.24) is 10.3 Å². The van der Waals surface area contributed by atoms with Gasteiger partial charge in [0, 0.05) is 25.5 Å². The highest BCUT2D eigenvalue weighted by molar-refractivity contribution is 5.99. The van der Waals surface area contributed by atoms with Crippen LogP contribution in [0.3, 0.4) is 0 Å². The molecule has 0 radical (unpaired) electrons. The molecule has 1 aromatic heterocycles. The highest BCUT2D eigenvalue weighted by Gasteiger charge is 2.19. The normalized spacial score (nSPS) is 21.8. The molecule has 1 aliphatic carbocycles. The van der Waals surface area contributed by atoms with Crippen molar-refractivity contribution in [2.24, 2.45) is 11.8 Å². The first kappa shape index (κ1) is 15.8. The summed E-state index contributed by atoms with van der Waals surface area (Å²) in [6.45, 7) is 6.08. The molecule has 0 aliphatic heterocycles. The van der Waals surface area contributed by atoms with Crippen molar-refractivity contribution in [3.8, 4) is 0 Å². The zero-order valence-electron chi connectivity index (χ0n) is 13.2. The van der Waals surface area contributed by atoms with Crippen molar-refractivity contribution in [1.29, 1.82) is 0 Å². The van der Waals surface area contributed by atoms with Gasteiger partial charge in [-0.15, -0.1) is 0 Å². The minimum atomic E-state index is -0.0136. The summed E-state index contributed by atoms with van der Waals surface area (Å²) >= 11 is 0. The highest BCUT2D eigenvalue weighted by Crippen LogP contribution is 2.27. The van der Waals surface area contributed by atoms with Gasteiger partial charge in [-0.2, -0.15) is 0 Å². The Bertz CT molecular complexity index is 453. The molecule has 1 amide bonds. The van der Waals surface area contributed by atoms with Crippen molar-refractivity contribution in [3.05, 3.63) is 24.0 Å². The molecule has 0 spiro atoms. The lowest BCUT2D eigenvalue weighted by Crippen LogP contribution is -2.31. The topological polar surface area (TPSA) is 54.0 Å². The Labute approximate surface area is 127 Å². The second-order valence-electron chi connectivity index (χ2n) is 6.18. The van der Waals surface area contributed by atoms with Crippen molar-refractivity contribution >= 4 is 11.6 Å². The Balaban J connectivity index is 1.88. The molecule has 0 atom stereocenters. The van der Waals surface area contributed by atoms with Crippen LogP contribution in [-0.2, 0) is 0 Å². The maximum atomic E-state index is 12.3. The summed E-state index contributed by atoms with van der Waals surface area (Å²) in [6, 6.07) is 1.87. The van der Waals surface area contributed by atoms with Crippen LogP contribution in [0.25, 0.3) is 0 Å². The molecule has 4 nitrogen and oxygen atoms in total. The van der Waals surface area contributed by atoms with Gasteiger partial charge in [0.25, 0.3) is 5.91 Å². The molecule has 2 N–H and O–H groups in total. The van der Waals surface area contributed by atoms with E-state index in [9.17, 15) is 4.79 Å². The highest BCUT2D eigenvalue weighted by atomic mass is 16.1. The molecule has 0 unspecified atom stereocenters. The summed E-state index contributed by atoms with van der Waals surface area (Å²) in [6.07, 6.45) is 9.44. The van der Waals surface area contributed by atoms with Gasteiger partial charge in [0.2, 0.25) is 0 Å². The average Bonchev–Trinajstić information content (AvgIpc) is 2.52. The predicted molar refractivity (Wildman–Crippen MR) is 86.5 cm³/mol. The minimum absolute atomic E-state index is 0.0136. The molecule has 1 fully saturated rings. The summed E-state index contributed by atoms with van der Waals surface area (Å²) in [5.74, 6) is 1.47. The number of carbonyl (C=O) groups excluding carboxylic acids is 1. The Morgan fingerprint density at radius 1 is 1.33 bits per heavy atom. The van der Waals surface area contributed by atoms with Gasteiger partial charge in [-0.25, -0.2) is 0 Å². The van der Waals surface area contributed by atoms with Crippen molar-refractivity contribution < 1.29 is 4.79 Å². The number of aromatic nitrogens is 1. The standard InChI is InChI=1S/C17H27N3O/c1-3-9-19-16-8-10-18-12-15(16)17(21)20-11-14-6-4-13(2)5-7-14/h8,10,12-14H,3-7,9,11H2,1-2H3,(H,18,19)(H,20,21). The fourth-order valence-corrected chi connectivity index (χ4v) is 2.85. The van der Waals surface area contributed by atoms with Crippen LogP contribution < -0.4 is 10.6 Å². The summed E-state index contributed by atoms with van der Waals surface area (Å²) < 4.78 is 0. The maximum absolute atomic E-state index is 12.3. The van der Waals surface area contributed by atoms with E-state index in [1.807, 2.05) is 6.07 Å². The molecule has 0 aromatic carbocycles. The van der Waals surface area contributed by atoms with E-state index >= 15 is 0 Å². The molecule has 0 saturated heterocycles. The van der Waals surface area contributed by atoms with E-state index in [4.69, 9.17) is 0 Å². The smallest absolute Gasteiger partial charge is 0.254 e. The second-order valence-corrected chi connectivity index (χ2v) is 6.18. The Kier molecular flexibility index (Phi) is 6.03. The van der Waals surface area contributed by atoms with Crippen molar-refractivity contribution in [3.63, 3.8) is 0 Å². The minimum Gasteiger partial charge on any atom is -0.384 e. The molecule has 1 saturated carbocycles. The molecule has 1 aromatic rings. The molecular weight excluding hydrogens is 262 g/mol. The third kappa shape index (κ3) is 4.73. The van der Waals surface area contributed by atoms with E-state index in [2.05, 4.69) is 29.5 Å². The number of hydrogen-bond acceptors (Lipinski definition) is 3. The third-order valence-corrected chi connectivity index (χ3v) is 4.32. The van der Waals surface area contributed by atoms with Crippen LogP contribution in [0.2, 0.25) is 0 Å². The van der Waals surface area contributed by atoms with E-state index in [1.165, 1.54) is 25.7 Å². The van der Waals surface area contributed by atoms with Gasteiger partial charge in [-0.1, -0.05) is 26.7 Å². The molecule has 116 valence electrons. The third-order valence-electron chi connectivity index (χ3n) is 4.32. The lowest BCUT2D eigenvalue weighted by atomic mass is 9.83. The van der Waals surface area contributed by atoms with Gasteiger partial charge in [0.1, 0.15) is 0 Å². The molecule has 1 heterocycles. The van der Waals surface area contributed by atoms with Crippen LogP contribution in [0.15, 0.2) is 18.5 Å². The van der Waals surface area contributed by atoms with E-state index in [1.54, 1.807) is 12.4 Å². The summed E-state index contributed by atoms with van der Waals surface area (Å²) in [5.41, 5.74) is 1.52. The van der Waals surface area contributed by atoms with Crippen molar-refractivity contribution in [2.45, 2.75) is 46.0 Å². The van der Waals surface area contributed by atoms with Gasteiger partial charge < -0.3 is 10.6 Å². The molecule has 21 heavy (non-hydrogen) atoms. The number of rotatable bonds is 6. The number of hydrogen-bond donors (Lipinski definition) is 2. The first-order chi connectivity index (χ1) is 10.2. The van der Waals surface area contributed by atoms with Crippen LogP contribution in [-0.4, -0.2) is 24.0 Å². The van der Waals surface area contributed by atoms with Crippen LogP contribution in [0.5, 0.6) is 0 Å². The number of nitrogens with zero attached hydrogens (tertiary/aromatic N) is 1. The fraction of sp³-hybridized carbons (Fsp3) is 0.647. The number of amides is 1. The molecule has 4 heteroatoms. The Morgan fingerprint density at radius 2 is 2.10 bits per heavy atom. The van der Waals surface area contributed by atoms with Crippen LogP contribution in [0, 0.1) is 11.8 Å². The van der Waals surface area contributed by atoms with Gasteiger partial charge in [-0.3, -0.25) is 9.78 Å². The van der Waals surface area contributed by atoms with Crippen LogP contribution in [0.4, 0.5) is 5.69 Å². The lowest BCUT2D eigenvalue weighted by molar-refractivity contribution is 0.0942. The quantitative estimate of drug-likeness (QED) is 0.843. The fourth-order valence-electron chi connectivity index (χ4n) is 2.85. The zero-order chi connectivity index (χ0) is 15.1. The van der Waals surface area contributed by atoms with Gasteiger partial charge in [0.05, 0.1) is 11.3 Å². The molecule has 2 rings (SSSR count). The van der Waals surface area contributed by atoms with Gasteiger partial charge in [-0.05, 0) is 37.2 Å². The summed E-state index contributed by atoms with van der Waals surface area (Å²) in [4.78, 5) is 16.4. The summed E-state index contributed by atoms with van der Waals surface area (Å²) in [5, 5.41) is 6.37. The maximum Gasteiger partial charge on any atom is 0.254 e. The predicted octanol–water partition coefficient (Wildman–Crippen LogP) is 3.46. The van der Waals surface area contributed by atoms with Crippen molar-refractivity contribution in [2.75, 3.05) is 18.4 Å². The monoisotopic (exact) mass is 289 g/mol. The van der Waals surface area contributed by atoms with Crippen LogP contribution >= 0.6 is 0 Å². The van der Waals surface area contributed by atoms with E-state index < -0.39 is 0 Å². The summed E-state index contributed by atoms with van der Waals surface area (Å²) in [7, 11) is 0. The van der Waals surface area contributed by atoms with E-state index in [0.717, 1.165) is 31.1 Å². The average molecular weight is 289 g/mol. The first-order valence-electron chi connectivity index (χ1n) is 8.16. The first-order valence-corrected chi connectivity index (χ1v) is 8.16. The number of anilines is 1. The second kappa shape index (κ2) is 8.01. The molecular formula is C17H27N3O. The largest absolute Gasteiger partial charge is 0.384 e.